The van der Waals surface area contributed by atoms with Crippen molar-refractivity contribution >= 4 is 5.70 Å². The van der Waals surface area contributed by atoms with Gasteiger partial charge in [-0.15, -0.1) is 0 Å². The van der Waals surface area contributed by atoms with E-state index in [0.717, 1.165) is 24.0 Å². The smallest absolute Gasteiger partial charge is 0.0390 e. The van der Waals surface area contributed by atoms with E-state index in [0.29, 0.717) is 5.92 Å². The van der Waals surface area contributed by atoms with Gasteiger partial charge in [-0.25, -0.2) is 0 Å². The fourth-order valence-corrected chi connectivity index (χ4v) is 8.01. The first-order valence-electron chi connectivity index (χ1n) is 20.4. The first-order chi connectivity index (χ1) is 24.8. The summed E-state index contributed by atoms with van der Waals surface area (Å²) in [5.74, 6) is 1.91. The lowest BCUT2D eigenvalue weighted by Gasteiger charge is -2.18. The molecule has 0 aromatic heterocycles. The number of unbranched alkanes of at least 4 members (excludes halogenated alkanes) is 4. The van der Waals surface area contributed by atoms with E-state index in [1.807, 2.05) is 0 Å². The van der Waals surface area contributed by atoms with E-state index in [9.17, 15) is 0 Å². The summed E-state index contributed by atoms with van der Waals surface area (Å²) in [4.78, 5) is 0. The molecule has 51 heavy (non-hydrogen) atoms. The van der Waals surface area contributed by atoms with Crippen LogP contribution in [-0.2, 0) is 19.3 Å². The second kappa shape index (κ2) is 19.1. The molecule has 270 valence electrons. The molecule has 0 bridgehead atoms. The molecule has 0 aliphatic heterocycles. The Bertz CT molecular complexity index is 1650. The van der Waals surface area contributed by atoms with Crippen LogP contribution in [0.5, 0.6) is 0 Å². The van der Waals surface area contributed by atoms with Crippen LogP contribution in [0.4, 0.5) is 0 Å². The zero-order valence-corrected chi connectivity index (χ0v) is 32.7. The van der Waals surface area contributed by atoms with Crippen LogP contribution in [0, 0.1) is 11.8 Å². The van der Waals surface area contributed by atoms with E-state index in [-0.39, 0.29) is 0 Å². The van der Waals surface area contributed by atoms with E-state index < -0.39 is 0 Å². The highest BCUT2D eigenvalue weighted by Gasteiger charge is 2.18. The molecule has 1 aliphatic carbocycles. The summed E-state index contributed by atoms with van der Waals surface area (Å²) in [6, 6.07) is 33.1. The Morgan fingerprint density at radius 2 is 1.06 bits per heavy atom. The Morgan fingerprint density at radius 1 is 0.549 bits per heavy atom. The van der Waals surface area contributed by atoms with Crippen molar-refractivity contribution in [2.45, 2.75) is 131 Å². The topological polar surface area (TPSA) is 26.0 Å². The summed E-state index contributed by atoms with van der Waals surface area (Å²) >= 11 is 0. The molecule has 0 saturated heterocycles. The summed E-state index contributed by atoms with van der Waals surface area (Å²) in [6.45, 7) is 13.8. The number of allylic oxidation sites excluding steroid dienone is 3. The molecule has 1 aliphatic rings. The third-order valence-electron chi connectivity index (χ3n) is 11.7. The lowest BCUT2D eigenvalue weighted by atomic mass is 9.87. The van der Waals surface area contributed by atoms with Crippen LogP contribution in [0.15, 0.2) is 103 Å². The molecule has 1 nitrogen and oxygen atoms in total. The van der Waals surface area contributed by atoms with Gasteiger partial charge in [0.2, 0.25) is 0 Å². The molecular formula is C50H65N. The highest BCUT2D eigenvalue weighted by molar-refractivity contribution is 5.75. The third kappa shape index (κ3) is 10.6. The molecule has 3 atom stereocenters. The molecule has 0 fully saturated rings. The van der Waals surface area contributed by atoms with Gasteiger partial charge in [0.05, 0.1) is 0 Å². The van der Waals surface area contributed by atoms with Crippen LogP contribution in [-0.4, -0.2) is 0 Å². The Balaban J connectivity index is 1.44. The van der Waals surface area contributed by atoms with Gasteiger partial charge in [0.15, 0.2) is 0 Å². The Hall–Kier alpha value is -3.84. The van der Waals surface area contributed by atoms with Gasteiger partial charge in [0.1, 0.15) is 0 Å². The van der Waals surface area contributed by atoms with Crippen LogP contribution in [0.3, 0.4) is 0 Å². The van der Waals surface area contributed by atoms with Gasteiger partial charge in [-0.1, -0.05) is 183 Å². The summed E-state index contributed by atoms with van der Waals surface area (Å²) in [7, 11) is 0. The van der Waals surface area contributed by atoms with Gasteiger partial charge < -0.3 is 5.73 Å². The predicted octanol–water partition coefficient (Wildman–Crippen LogP) is 14.3. The fraction of sp³-hybridized carbons (Fsp3) is 0.440. The molecule has 0 spiro atoms. The molecule has 5 rings (SSSR count). The average molecular weight is 680 g/mol. The Morgan fingerprint density at radius 3 is 1.55 bits per heavy atom. The standard InChI is InChI=1S/C50H65N/c1-7-11-13-15-38(9-3)29-40-18-23-44(24-19-40)46-32-43(31-42-22-27-48-37(6)36(5)17-28-50(51)49(48)34-42)33-47(35-46)45-25-20-41(21-26-45)30-39(10-4)16-14-12-8-2/h17-28,32-35,37-39H,7-16,29-31,51H2,1-6H3. The van der Waals surface area contributed by atoms with E-state index in [4.69, 9.17) is 5.73 Å². The molecule has 0 radical (unpaired) electrons. The maximum Gasteiger partial charge on any atom is 0.0390 e. The van der Waals surface area contributed by atoms with E-state index in [1.54, 1.807) is 0 Å². The highest BCUT2D eigenvalue weighted by atomic mass is 14.6. The SMILES string of the molecule is CCCCCC(CC)Cc1ccc(-c2cc(Cc3ccc4c(c3)C(N)=CC=C(C)C4C)cc(-c3ccc(CC(CC)CCCCC)cc3)c2)cc1. The van der Waals surface area contributed by atoms with Crippen molar-refractivity contribution in [2.75, 3.05) is 0 Å². The lowest BCUT2D eigenvalue weighted by Crippen LogP contribution is -2.04. The van der Waals surface area contributed by atoms with Crippen molar-refractivity contribution in [1.29, 1.82) is 0 Å². The summed E-state index contributed by atoms with van der Waals surface area (Å²) in [5.41, 5.74) is 22.0. The average Bonchev–Trinajstić information content (AvgIpc) is 3.26. The van der Waals surface area contributed by atoms with Gasteiger partial charge in [0.25, 0.3) is 0 Å². The second-order valence-electron chi connectivity index (χ2n) is 15.6. The zero-order chi connectivity index (χ0) is 36.2. The minimum absolute atomic E-state index is 0.361. The van der Waals surface area contributed by atoms with Crippen LogP contribution in [0.1, 0.15) is 145 Å². The number of rotatable bonds is 18. The van der Waals surface area contributed by atoms with Gasteiger partial charge in [-0.2, -0.15) is 0 Å². The van der Waals surface area contributed by atoms with E-state index >= 15 is 0 Å². The number of hydrogen-bond acceptors (Lipinski definition) is 1. The monoisotopic (exact) mass is 680 g/mol. The molecule has 0 amide bonds. The van der Waals surface area contributed by atoms with Crippen molar-refractivity contribution in [1.82, 2.24) is 0 Å². The van der Waals surface area contributed by atoms with Crippen molar-refractivity contribution in [3.8, 4) is 22.3 Å². The Labute approximate surface area is 311 Å². The third-order valence-corrected chi connectivity index (χ3v) is 11.7. The maximum absolute atomic E-state index is 6.61. The van der Waals surface area contributed by atoms with Crippen LogP contribution in [0.25, 0.3) is 28.0 Å². The molecule has 3 unspecified atom stereocenters. The minimum Gasteiger partial charge on any atom is -0.398 e. The van der Waals surface area contributed by atoms with Gasteiger partial charge in [-0.3, -0.25) is 0 Å². The predicted molar refractivity (Wildman–Crippen MR) is 224 cm³/mol. The normalized spacial score (nSPS) is 15.5. The van der Waals surface area contributed by atoms with Crippen molar-refractivity contribution in [3.63, 3.8) is 0 Å². The maximum atomic E-state index is 6.61. The summed E-state index contributed by atoms with van der Waals surface area (Å²) < 4.78 is 0. The highest BCUT2D eigenvalue weighted by Crippen LogP contribution is 2.35. The number of fused-ring (bicyclic) bond motifs is 1. The quantitative estimate of drug-likeness (QED) is 0.104. The largest absolute Gasteiger partial charge is 0.398 e. The van der Waals surface area contributed by atoms with Crippen LogP contribution >= 0.6 is 0 Å². The van der Waals surface area contributed by atoms with Crippen LogP contribution < -0.4 is 5.73 Å². The van der Waals surface area contributed by atoms with E-state index in [2.05, 4.69) is 139 Å². The molecule has 0 heterocycles. The zero-order valence-electron chi connectivity index (χ0n) is 32.7. The minimum atomic E-state index is 0.361. The van der Waals surface area contributed by atoms with Gasteiger partial charge >= 0.3 is 0 Å². The lowest BCUT2D eigenvalue weighted by molar-refractivity contribution is 0.442. The van der Waals surface area contributed by atoms with Gasteiger partial charge in [-0.05, 0) is 106 Å². The second-order valence-corrected chi connectivity index (χ2v) is 15.6. The van der Waals surface area contributed by atoms with Crippen molar-refractivity contribution in [2.24, 2.45) is 17.6 Å². The van der Waals surface area contributed by atoms with Crippen molar-refractivity contribution < 1.29 is 0 Å². The molecule has 1 heteroatoms. The van der Waals surface area contributed by atoms with E-state index in [1.165, 1.54) is 138 Å². The van der Waals surface area contributed by atoms with Crippen LogP contribution in [0.2, 0.25) is 0 Å². The molecule has 4 aromatic carbocycles. The Kier molecular flexibility index (Phi) is 14.4. The fourth-order valence-electron chi connectivity index (χ4n) is 8.01. The molecule has 2 N–H and O–H groups in total. The number of benzene rings is 4. The molecule has 0 saturated carbocycles. The number of hydrogen-bond donors (Lipinski definition) is 1. The summed E-state index contributed by atoms with van der Waals surface area (Å²) in [6.07, 6.45) is 20.7. The first-order valence-corrected chi connectivity index (χ1v) is 20.4. The van der Waals surface area contributed by atoms with Gasteiger partial charge in [0, 0.05) is 17.2 Å². The number of nitrogens with two attached hydrogens (primary N) is 1. The first kappa shape index (κ1) is 38.4. The summed E-state index contributed by atoms with van der Waals surface area (Å²) in [5, 5.41) is 0. The van der Waals surface area contributed by atoms with Crippen molar-refractivity contribution in [3.05, 3.63) is 136 Å². The molecule has 4 aromatic rings. The molecular weight excluding hydrogens is 615 g/mol.